The minimum atomic E-state index is -0.321. The number of ether oxygens (including phenoxy) is 1. The monoisotopic (exact) mass is 279 g/mol. The maximum atomic E-state index is 11.9. The topological polar surface area (TPSA) is 73.2 Å². The van der Waals surface area contributed by atoms with Crippen LogP contribution in [0.1, 0.15) is 6.92 Å². The molecule has 0 saturated carbocycles. The Morgan fingerprint density at radius 3 is 3.11 bits per heavy atom. The van der Waals surface area contributed by atoms with Crippen LogP contribution in [-0.4, -0.2) is 22.1 Å². The second-order valence-corrected chi connectivity index (χ2v) is 4.52. The predicted molar refractivity (Wildman–Crippen MR) is 72.6 cm³/mol. The molecule has 2 heterocycles. The van der Waals surface area contributed by atoms with Crippen molar-refractivity contribution in [2.45, 2.75) is 13.5 Å². The number of pyridine rings is 1. The van der Waals surface area contributed by atoms with Gasteiger partial charge in [-0.2, -0.15) is 0 Å². The van der Waals surface area contributed by atoms with Crippen molar-refractivity contribution in [3.8, 4) is 5.75 Å². The molecule has 2 aromatic heterocycles. The van der Waals surface area contributed by atoms with Gasteiger partial charge in [-0.3, -0.25) is 9.59 Å². The van der Waals surface area contributed by atoms with E-state index in [4.69, 9.17) is 4.74 Å². The van der Waals surface area contributed by atoms with E-state index in [2.05, 4.69) is 10.3 Å². The zero-order valence-electron chi connectivity index (χ0n) is 10.3. The van der Waals surface area contributed by atoms with E-state index in [1.54, 1.807) is 36.8 Å². The second kappa shape index (κ2) is 6.14. The Labute approximate surface area is 113 Å². The lowest BCUT2D eigenvalue weighted by molar-refractivity contribution is -0.116. The average molecular weight is 279 g/mol. The van der Waals surface area contributed by atoms with E-state index in [1.165, 1.54) is 15.9 Å². The molecule has 0 aliphatic rings. The molecule has 100 valence electrons. The number of carbonyl (C=O) groups excluding carboxylic acids is 1. The summed E-state index contributed by atoms with van der Waals surface area (Å²) in [5.41, 5.74) is -0.321. The van der Waals surface area contributed by atoms with Gasteiger partial charge in [0.25, 0.3) is 5.56 Å². The molecular formula is C12H13N3O3S. The zero-order chi connectivity index (χ0) is 13.7. The quantitative estimate of drug-likeness (QED) is 0.896. The van der Waals surface area contributed by atoms with Crippen molar-refractivity contribution in [3.05, 3.63) is 40.3 Å². The molecule has 0 spiro atoms. The van der Waals surface area contributed by atoms with Gasteiger partial charge in [0.1, 0.15) is 6.54 Å². The maximum Gasteiger partial charge on any atom is 0.293 e. The number of hydrogen-bond acceptors (Lipinski definition) is 5. The number of carbonyl (C=O) groups is 1. The van der Waals surface area contributed by atoms with Crippen LogP contribution in [0.5, 0.6) is 5.75 Å². The predicted octanol–water partition coefficient (Wildman–Crippen LogP) is 1.34. The fourth-order valence-corrected chi connectivity index (χ4v) is 2.05. The van der Waals surface area contributed by atoms with Gasteiger partial charge in [0, 0.05) is 17.8 Å². The summed E-state index contributed by atoms with van der Waals surface area (Å²) in [6.45, 7) is 2.13. The molecular weight excluding hydrogens is 266 g/mol. The third-order valence-corrected chi connectivity index (χ3v) is 2.97. The number of nitrogens with zero attached hydrogens (tertiary/aromatic N) is 2. The number of hydrogen-bond donors (Lipinski definition) is 1. The molecule has 7 heteroatoms. The van der Waals surface area contributed by atoms with Crippen LogP contribution >= 0.6 is 11.3 Å². The van der Waals surface area contributed by atoms with Gasteiger partial charge in [0.2, 0.25) is 5.91 Å². The van der Waals surface area contributed by atoms with Crippen molar-refractivity contribution in [2.24, 2.45) is 0 Å². The molecule has 0 unspecified atom stereocenters. The van der Waals surface area contributed by atoms with Crippen molar-refractivity contribution in [1.82, 2.24) is 9.55 Å². The van der Waals surface area contributed by atoms with E-state index >= 15 is 0 Å². The third-order valence-electron chi connectivity index (χ3n) is 2.28. The molecule has 1 amide bonds. The fraction of sp³-hybridized carbons (Fsp3) is 0.250. The van der Waals surface area contributed by atoms with Gasteiger partial charge in [0.05, 0.1) is 6.61 Å². The van der Waals surface area contributed by atoms with Crippen LogP contribution in [0.25, 0.3) is 0 Å². The molecule has 19 heavy (non-hydrogen) atoms. The number of aromatic nitrogens is 2. The first-order valence-corrected chi connectivity index (χ1v) is 6.60. The highest BCUT2D eigenvalue weighted by atomic mass is 32.1. The molecule has 0 aliphatic heterocycles. The Hall–Kier alpha value is -2.15. The lowest BCUT2D eigenvalue weighted by Gasteiger charge is -2.07. The molecule has 0 atom stereocenters. The number of thiazole rings is 1. The van der Waals surface area contributed by atoms with Crippen molar-refractivity contribution < 1.29 is 9.53 Å². The van der Waals surface area contributed by atoms with Crippen LogP contribution in [0.2, 0.25) is 0 Å². The highest BCUT2D eigenvalue weighted by Crippen LogP contribution is 2.10. The summed E-state index contributed by atoms with van der Waals surface area (Å²) in [5.74, 6) is -0.0576. The van der Waals surface area contributed by atoms with Crippen molar-refractivity contribution >= 4 is 22.4 Å². The molecule has 0 bridgehead atoms. The average Bonchev–Trinajstić information content (AvgIpc) is 2.87. The first-order chi connectivity index (χ1) is 9.20. The maximum absolute atomic E-state index is 11.9. The number of anilines is 1. The summed E-state index contributed by atoms with van der Waals surface area (Å²) in [6.07, 6.45) is 3.15. The Balaban J connectivity index is 2.08. The van der Waals surface area contributed by atoms with Crippen molar-refractivity contribution in [3.63, 3.8) is 0 Å². The lowest BCUT2D eigenvalue weighted by Crippen LogP contribution is -2.27. The smallest absolute Gasteiger partial charge is 0.293 e. The standard InChI is InChI=1S/C12H13N3O3S/c1-2-18-9-4-3-6-15(11(9)17)8-10(16)14-12-13-5-7-19-12/h3-7H,2,8H2,1H3,(H,13,14,16). The lowest BCUT2D eigenvalue weighted by atomic mass is 10.4. The first kappa shape index (κ1) is 13.3. The van der Waals surface area contributed by atoms with Crippen LogP contribution in [0, 0.1) is 0 Å². The summed E-state index contributed by atoms with van der Waals surface area (Å²) in [5, 5.41) is 4.89. The van der Waals surface area contributed by atoms with E-state index < -0.39 is 0 Å². The molecule has 0 fully saturated rings. The minimum Gasteiger partial charge on any atom is -0.488 e. The molecule has 0 aliphatic carbocycles. The summed E-state index contributed by atoms with van der Waals surface area (Å²) in [4.78, 5) is 27.6. The van der Waals surface area contributed by atoms with Gasteiger partial charge < -0.3 is 14.6 Å². The molecule has 1 N–H and O–H groups in total. The zero-order valence-corrected chi connectivity index (χ0v) is 11.1. The fourth-order valence-electron chi connectivity index (χ4n) is 1.50. The van der Waals surface area contributed by atoms with Crippen LogP contribution in [0.4, 0.5) is 5.13 Å². The van der Waals surface area contributed by atoms with E-state index in [1.807, 2.05) is 0 Å². The minimum absolute atomic E-state index is 0.0701. The second-order valence-electron chi connectivity index (χ2n) is 3.62. The van der Waals surface area contributed by atoms with Gasteiger partial charge in [-0.1, -0.05) is 0 Å². The molecule has 0 aromatic carbocycles. The summed E-state index contributed by atoms with van der Waals surface area (Å²) in [7, 11) is 0. The van der Waals surface area contributed by atoms with Gasteiger partial charge in [-0.05, 0) is 19.1 Å². The van der Waals surface area contributed by atoms with Gasteiger partial charge in [-0.25, -0.2) is 4.98 Å². The first-order valence-electron chi connectivity index (χ1n) is 5.72. The van der Waals surface area contributed by atoms with Gasteiger partial charge in [-0.15, -0.1) is 11.3 Å². The summed E-state index contributed by atoms with van der Waals surface area (Å²) >= 11 is 1.32. The van der Waals surface area contributed by atoms with E-state index in [9.17, 15) is 9.59 Å². The van der Waals surface area contributed by atoms with E-state index in [-0.39, 0.29) is 23.8 Å². The SMILES string of the molecule is CCOc1cccn(CC(=O)Nc2nccs2)c1=O. The van der Waals surface area contributed by atoms with E-state index in [0.29, 0.717) is 11.7 Å². The third kappa shape index (κ3) is 3.41. The Morgan fingerprint density at radius 2 is 2.42 bits per heavy atom. The highest BCUT2D eigenvalue weighted by Gasteiger charge is 2.09. The van der Waals surface area contributed by atoms with Crippen molar-refractivity contribution in [2.75, 3.05) is 11.9 Å². The van der Waals surface area contributed by atoms with Crippen molar-refractivity contribution in [1.29, 1.82) is 0 Å². The van der Waals surface area contributed by atoms with Crippen LogP contribution in [0.15, 0.2) is 34.7 Å². The number of nitrogens with one attached hydrogen (secondary N) is 1. The van der Waals surface area contributed by atoms with Crippen LogP contribution < -0.4 is 15.6 Å². The summed E-state index contributed by atoms with van der Waals surface area (Å²) < 4.78 is 6.49. The van der Waals surface area contributed by atoms with E-state index in [0.717, 1.165) is 0 Å². The highest BCUT2D eigenvalue weighted by molar-refractivity contribution is 7.13. The Morgan fingerprint density at radius 1 is 1.58 bits per heavy atom. The number of amides is 1. The van der Waals surface area contributed by atoms with Gasteiger partial charge in [0.15, 0.2) is 10.9 Å². The normalized spacial score (nSPS) is 10.2. The molecule has 0 radical (unpaired) electrons. The van der Waals surface area contributed by atoms with Crippen LogP contribution in [-0.2, 0) is 11.3 Å². The molecule has 0 saturated heterocycles. The molecule has 2 aromatic rings. The number of rotatable bonds is 5. The largest absolute Gasteiger partial charge is 0.488 e. The Bertz CT molecular complexity index is 607. The summed E-state index contributed by atoms with van der Waals surface area (Å²) in [6, 6.07) is 3.25. The Kier molecular flexibility index (Phi) is 4.30. The molecule has 2 rings (SSSR count). The van der Waals surface area contributed by atoms with Crippen LogP contribution in [0.3, 0.4) is 0 Å². The van der Waals surface area contributed by atoms with Gasteiger partial charge >= 0.3 is 0 Å². The molecule has 6 nitrogen and oxygen atoms in total.